The normalized spacial score (nSPS) is 11.3. The van der Waals surface area contributed by atoms with Crippen LogP contribution in [0.1, 0.15) is 21.7 Å². The molecule has 0 spiro atoms. The fourth-order valence-electron chi connectivity index (χ4n) is 2.67. The number of benzene rings is 2. The van der Waals surface area contributed by atoms with Crippen molar-refractivity contribution in [3.8, 4) is 17.0 Å². The first-order valence-corrected chi connectivity index (χ1v) is 8.75. The van der Waals surface area contributed by atoms with Crippen LogP contribution in [0.4, 0.5) is 0 Å². The van der Waals surface area contributed by atoms with Gasteiger partial charge in [0.2, 0.25) is 0 Å². The van der Waals surface area contributed by atoms with Crippen molar-refractivity contribution in [2.24, 2.45) is 10.9 Å². The summed E-state index contributed by atoms with van der Waals surface area (Å²) in [7, 11) is 1.57. The number of carbonyl (C=O) groups excluding carboxylic acids is 1. The van der Waals surface area contributed by atoms with Crippen molar-refractivity contribution in [2.75, 3.05) is 7.11 Å². The average Bonchev–Trinajstić information content (AvgIpc) is 3.08. The number of hydrogen-bond acceptors (Lipinski definition) is 6. The molecule has 7 nitrogen and oxygen atoms in total. The number of methoxy groups -OCH3 is 1. The van der Waals surface area contributed by atoms with Crippen LogP contribution in [0.2, 0.25) is 5.02 Å². The van der Waals surface area contributed by atoms with Crippen LogP contribution >= 0.6 is 11.6 Å². The van der Waals surface area contributed by atoms with Gasteiger partial charge in [0.1, 0.15) is 28.6 Å². The third-order valence-electron chi connectivity index (χ3n) is 4.01. The van der Waals surface area contributed by atoms with Crippen molar-refractivity contribution in [1.82, 2.24) is 5.16 Å². The van der Waals surface area contributed by atoms with Crippen LogP contribution in [0.25, 0.3) is 11.3 Å². The number of aryl methyl sites for hydroxylation is 1. The zero-order valence-electron chi connectivity index (χ0n) is 15.3. The monoisotopic (exact) mass is 399 g/mol. The van der Waals surface area contributed by atoms with E-state index in [4.69, 9.17) is 31.4 Å². The predicted molar refractivity (Wildman–Crippen MR) is 105 cm³/mol. The number of aromatic nitrogens is 1. The molecular formula is C20H18ClN3O4. The third kappa shape index (κ3) is 4.15. The summed E-state index contributed by atoms with van der Waals surface area (Å²) in [6, 6.07) is 14.3. The molecule has 8 heteroatoms. The molecule has 0 aliphatic rings. The van der Waals surface area contributed by atoms with Crippen LogP contribution in [-0.4, -0.2) is 24.1 Å². The first-order chi connectivity index (χ1) is 13.5. The van der Waals surface area contributed by atoms with Gasteiger partial charge in [-0.05, 0) is 19.1 Å². The third-order valence-corrected chi connectivity index (χ3v) is 4.34. The lowest BCUT2D eigenvalue weighted by Gasteiger charge is -2.07. The molecule has 0 radical (unpaired) electrons. The Kier molecular flexibility index (Phi) is 5.96. The molecule has 1 heterocycles. The number of carbonyl (C=O) groups is 1. The van der Waals surface area contributed by atoms with Gasteiger partial charge < -0.3 is 19.8 Å². The van der Waals surface area contributed by atoms with E-state index in [0.717, 1.165) is 5.56 Å². The summed E-state index contributed by atoms with van der Waals surface area (Å²) in [6.45, 7) is 1.60. The summed E-state index contributed by atoms with van der Waals surface area (Å²) in [5, 5.41) is 8.10. The van der Waals surface area contributed by atoms with Gasteiger partial charge in [-0.15, -0.1) is 0 Å². The van der Waals surface area contributed by atoms with Crippen molar-refractivity contribution in [3.63, 3.8) is 0 Å². The molecule has 144 valence electrons. The fraction of sp³-hybridized carbons (Fsp3) is 0.150. The van der Waals surface area contributed by atoms with Crippen LogP contribution in [0.5, 0.6) is 5.75 Å². The van der Waals surface area contributed by atoms with E-state index in [2.05, 4.69) is 10.3 Å². The lowest BCUT2D eigenvalue weighted by molar-refractivity contribution is 0.0513. The van der Waals surface area contributed by atoms with Gasteiger partial charge in [0.05, 0.1) is 12.1 Å². The second kappa shape index (κ2) is 8.58. The van der Waals surface area contributed by atoms with Crippen LogP contribution in [0.3, 0.4) is 0 Å². The lowest BCUT2D eigenvalue weighted by Crippen LogP contribution is -2.17. The van der Waals surface area contributed by atoms with Gasteiger partial charge in [0.25, 0.3) is 0 Å². The molecule has 28 heavy (non-hydrogen) atoms. The molecule has 0 saturated carbocycles. The number of halogens is 1. The number of nitrogens with zero attached hydrogens (tertiary/aromatic N) is 2. The first-order valence-electron chi connectivity index (χ1n) is 8.38. The second-order valence-corrected chi connectivity index (χ2v) is 6.30. The molecule has 0 fully saturated rings. The molecule has 0 amide bonds. The molecule has 3 aromatic rings. The summed E-state index contributed by atoms with van der Waals surface area (Å²) in [4.78, 5) is 17.6. The zero-order valence-corrected chi connectivity index (χ0v) is 16.1. The number of hydrogen-bond donors (Lipinski definition) is 1. The summed E-state index contributed by atoms with van der Waals surface area (Å²) >= 11 is 6.20. The minimum Gasteiger partial charge on any atom is -0.496 e. The van der Waals surface area contributed by atoms with E-state index in [0.29, 0.717) is 22.1 Å². The molecule has 0 aliphatic heterocycles. The Hall–Kier alpha value is -3.32. The highest BCUT2D eigenvalue weighted by molar-refractivity contribution is 6.33. The largest absolute Gasteiger partial charge is 0.496 e. The standard InChI is InChI=1S/C20H18ClN3O4/c1-12-18(19(24-27-12)14-8-4-5-9-15(14)21)20(25)28-23-17(22)11-13-7-3-6-10-16(13)26-2/h3-10H,11H2,1-2H3,(H2,22,23). The number of nitrogens with two attached hydrogens (primary N) is 1. The van der Waals surface area contributed by atoms with E-state index >= 15 is 0 Å². The van der Waals surface area contributed by atoms with Crippen molar-refractivity contribution in [3.05, 3.63) is 70.4 Å². The van der Waals surface area contributed by atoms with Gasteiger partial charge in [-0.3, -0.25) is 0 Å². The Balaban J connectivity index is 1.79. The Morgan fingerprint density at radius 3 is 2.68 bits per heavy atom. The highest BCUT2D eigenvalue weighted by Crippen LogP contribution is 2.31. The SMILES string of the molecule is COc1ccccc1C/C(N)=N/OC(=O)c1c(-c2ccccc2Cl)noc1C. The molecule has 0 saturated heterocycles. The van der Waals surface area contributed by atoms with Crippen LogP contribution < -0.4 is 10.5 Å². The number of ether oxygens (including phenoxy) is 1. The quantitative estimate of drug-likeness (QED) is 0.291. The second-order valence-electron chi connectivity index (χ2n) is 5.89. The minimum atomic E-state index is -0.739. The molecule has 2 N–H and O–H groups in total. The fourth-order valence-corrected chi connectivity index (χ4v) is 2.90. The maximum Gasteiger partial charge on any atom is 0.371 e. The summed E-state index contributed by atoms with van der Waals surface area (Å²) in [5.74, 6) is 0.337. The van der Waals surface area contributed by atoms with Gasteiger partial charge in [-0.1, -0.05) is 58.3 Å². The Morgan fingerprint density at radius 1 is 1.21 bits per heavy atom. The number of rotatable bonds is 6. The Labute approximate surface area is 166 Å². The Bertz CT molecular complexity index is 1030. The van der Waals surface area contributed by atoms with Gasteiger partial charge in [0.15, 0.2) is 0 Å². The van der Waals surface area contributed by atoms with Crippen molar-refractivity contribution < 1.29 is 18.9 Å². The highest BCUT2D eigenvalue weighted by Gasteiger charge is 2.24. The van der Waals surface area contributed by atoms with Gasteiger partial charge >= 0.3 is 5.97 Å². The lowest BCUT2D eigenvalue weighted by atomic mass is 10.1. The Morgan fingerprint density at radius 2 is 1.93 bits per heavy atom. The topological polar surface area (TPSA) is 99.9 Å². The molecule has 0 unspecified atom stereocenters. The smallest absolute Gasteiger partial charge is 0.371 e. The van der Waals surface area contributed by atoms with E-state index in [1.165, 1.54) is 0 Å². The van der Waals surface area contributed by atoms with Crippen LogP contribution in [0.15, 0.2) is 58.2 Å². The summed E-state index contributed by atoms with van der Waals surface area (Å²) < 4.78 is 10.4. The molecule has 0 aliphatic carbocycles. The molecule has 3 rings (SSSR count). The number of amidine groups is 1. The first kappa shape index (κ1) is 19.4. The maximum absolute atomic E-state index is 12.6. The molecule has 1 aromatic heterocycles. The number of para-hydroxylation sites is 1. The van der Waals surface area contributed by atoms with E-state index < -0.39 is 5.97 Å². The van der Waals surface area contributed by atoms with Crippen LogP contribution in [-0.2, 0) is 11.3 Å². The summed E-state index contributed by atoms with van der Waals surface area (Å²) in [6.07, 6.45) is 0.261. The van der Waals surface area contributed by atoms with Gasteiger partial charge in [-0.2, -0.15) is 0 Å². The van der Waals surface area contributed by atoms with E-state index in [1.807, 2.05) is 24.3 Å². The molecular weight excluding hydrogens is 382 g/mol. The summed E-state index contributed by atoms with van der Waals surface area (Å²) in [5.41, 5.74) is 7.70. The van der Waals surface area contributed by atoms with E-state index in [9.17, 15) is 4.79 Å². The zero-order chi connectivity index (χ0) is 20.1. The van der Waals surface area contributed by atoms with Gasteiger partial charge in [0, 0.05) is 17.5 Å². The van der Waals surface area contributed by atoms with E-state index in [-0.39, 0.29) is 23.5 Å². The van der Waals surface area contributed by atoms with Crippen molar-refractivity contribution >= 4 is 23.4 Å². The van der Waals surface area contributed by atoms with Crippen molar-refractivity contribution in [1.29, 1.82) is 0 Å². The van der Waals surface area contributed by atoms with Gasteiger partial charge in [-0.25, -0.2) is 4.79 Å². The molecule has 0 bridgehead atoms. The van der Waals surface area contributed by atoms with E-state index in [1.54, 1.807) is 38.3 Å². The minimum absolute atomic E-state index is 0.117. The van der Waals surface area contributed by atoms with Crippen molar-refractivity contribution in [2.45, 2.75) is 13.3 Å². The molecule has 2 aromatic carbocycles. The highest BCUT2D eigenvalue weighted by atomic mass is 35.5. The number of oxime groups is 1. The molecule has 0 atom stereocenters. The average molecular weight is 400 g/mol. The predicted octanol–water partition coefficient (Wildman–Crippen LogP) is 3.98. The maximum atomic E-state index is 12.6. The van der Waals surface area contributed by atoms with Crippen LogP contribution in [0, 0.1) is 6.92 Å².